The second kappa shape index (κ2) is 11.0. The van der Waals surface area contributed by atoms with Gasteiger partial charge < -0.3 is 19.6 Å². The first kappa shape index (κ1) is 22.2. The highest BCUT2D eigenvalue weighted by atomic mass is 31.2. The van der Waals surface area contributed by atoms with Crippen LogP contribution < -0.4 is 0 Å². The third-order valence-corrected chi connectivity index (χ3v) is 5.14. The fourth-order valence-electron chi connectivity index (χ4n) is 2.81. The van der Waals surface area contributed by atoms with Gasteiger partial charge in [0.2, 0.25) is 0 Å². The van der Waals surface area contributed by atoms with Crippen LogP contribution in [0.25, 0.3) is 0 Å². The monoisotopic (exact) mass is 407 g/mol. The molecule has 1 heterocycles. The number of carbonyl (C=O) groups excluding carboxylic acids is 1. The van der Waals surface area contributed by atoms with Gasteiger partial charge in [-0.05, 0) is 12.0 Å². The molecule has 152 valence electrons. The molecular formula is C20H26NO6P. The Morgan fingerprint density at radius 1 is 1.29 bits per heavy atom. The van der Waals surface area contributed by atoms with Gasteiger partial charge in [0, 0.05) is 19.3 Å². The van der Waals surface area contributed by atoms with E-state index in [9.17, 15) is 14.5 Å². The van der Waals surface area contributed by atoms with E-state index in [2.05, 4.69) is 11.8 Å². The molecule has 1 fully saturated rings. The molecule has 1 saturated heterocycles. The maximum atomic E-state index is 12.0. The molecule has 0 radical (unpaired) electrons. The van der Waals surface area contributed by atoms with Crippen molar-refractivity contribution in [3.8, 4) is 11.8 Å². The zero-order valence-corrected chi connectivity index (χ0v) is 16.5. The summed E-state index contributed by atoms with van der Waals surface area (Å²) in [6.45, 7) is 0.480. The van der Waals surface area contributed by atoms with Gasteiger partial charge in [-0.3, -0.25) is 9.46 Å². The van der Waals surface area contributed by atoms with Crippen molar-refractivity contribution in [3.63, 3.8) is 0 Å². The number of rotatable bonds is 8. The van der Waals surface area contributed by atoms with Crippen molar-refractivity contribution in [1.82, 2.24) is 4.90 Å². The fraction of sp³-hybridized carbons (Fsp3) is 0.450. The molecule has 3 N–H and O–H groups in total. The van der Waals surface area contributed by atoms with Gasteiger partial charge in [-0.15, -0.1) is 5.92 Å². The smallest absolute Gasteiger partial charge is 0.411 e. The molecular weight excluding hydrogens is 381 g/mol. The van der Waals surface area contributed by atoms with Crippen molar-refractivity contribution in [2.24, 2.45) is 0 Å². The number of amides is 1. The molecule has 0 aromatic heterocycles. The van der Waals surface area contributed by atoms with E-state index in [0.717, 1.165) is 5.56 Å². The Bertz CT molecular complexity index is 764. The minimum atomic E-state index is -3.99. The summed E-state index contributed by atoms with van der Waals surface area (Å²) in [5, 5.41) is 10.2. The van der Waals surface area contributed by atoms with Gasteiger partial charge in [-0.2, -0.15) is 0 Å². The predicted molar refractivity (Wildman–Crippen MR) is 106 cm³/mol. The minimum absolute atomic E-state index is 0.165. The highest BCUT2D eigenvalue weighted by Crippen LogP contribution is 2.35. The molecule has 8 heteroatoms. The average molecular weight is 407 g/mol. The summed E-state index contributed by atoms with van der Waals surface area (Å²) in [6, 6.07) is 9.44. The number of cyclic esters (lactones) is 1. The van der Waals surface area contributed by atoms with Crippen molar-refractivity contribution >= 4 is 13.7 Å². The Hall–Kier alpha value is -2.10. The molecule has 1 amide bonds. The molecule has 0 saturated carbocycles. The summed E-state index contributed by atoms with van der Waals surface area (Å²) >= 11 is 0. The Morgan fingerprint density at radius 2 is 2.04 bits per heavy atom. The van der Waals surface area contributed by atoms with E-state index in [-0.39, 0.29) is 18.7 Å². The maximum absolute atomic E-state index is 12.0. The van der Waals surface area contributed by atoms with E-state index in [1.165, 1.54) is 4.90 Å². The van der Waals surface area contributed by atoms with Gasteiger partial charge in [0.05, 0.1) is 31.5 Å². The lowest BCUT2D eigenvalue weighted by Crippen LogP contribution is -2.44. The van der Waals surface area contributed by atoms with Crippen LogP contribution in [-0.4, -0.2) is 57.3 Å². The van der Waals surface area contributed by atoms with Crippen LogP contribution in [0.1, 0.15) is 24.8 Å². The molecule has 0 aliphatic carbocycles. The van der Waals surface area contributed by atoms with Gasteiger partial charge >= 0.3 is 13.7 Å². The zero-order valence-electron chi connectivity index (χ0n) is 15.6. The summed E-state index contributed by atoms with van der Waals surface area (Å²) in [4.78, 5) is 31.1. The molecule has 7 nitrogen and oxygen atoms in total. The molecule has 28 heavy (non-hydrogen) atoms. The molecule has 1 aliphatic rings. The molecule has 0 bridgehead atoms. The quantitative estimate of drug-likeness (QED) is 0.264. The molecule has 1 aliphatic heterocycles. The standard InChI is InChI=1S/C20H26NO6P/c22-19(16-17-8-4-3-5-9-17)11-10-18-12-14-27-20(23)21(18)13-6-1-2-7-15-28(24,25)26/h3-5,8-11,18-19,22H,2,7,12-16H2,(H2,24,25,26)/b11-10+. The Balaban J connectivity index is 1.87. The van der Waals surface area contributed by atoms with Crippen molar-refractivity contribution in [2.45, 2.75) is 37.8 Å². The SMILES string of the molecule is O=C1OCCC(/C=C/C(O)Cc2ccccc2)N1CC#CCCCP(=O)(O)O. The van der Waals surface area contributed by atoms with Crippen molar-refractivity contribution in [3.05, 3.63) is 48.0 Å². The number of aliphatic hydroxyl groups is 1. The first-order valence-electron chi connectivity index (χ1n) is 9.19. The Morgan fingerprint density at radius 3 is 2.75 bits per heavy atom. The van der Waals surface area contributed by atoms with E-state index < -0.39 is 19.8 Å². The van der Waals surface area contributed by atoms with Crippen molar-refractivity contribution in [2.75, 3.05) is 19.3 Å². The molecule has 2 rings (SSSR count). The lowest BCUT2D eigenvalue weighted by atomic mass is 10.1. The normalized spacial score (nSPS) is 18.5. The van der Waals surface area contributed by atoms with E-state index >= 15 is 0 Å². The number of hydrogen-bond donors (Lipinski definition) is 3. The van der Waals surface area contributed by atoms with Gasteiger partial charge in [-0.25, -0.2) is 4.79 Å². The van der Waals surface area contributed by atoms with Crippen LogP contribution in [-0.2, 0) is 15.7 Å². The summed E-state index contributed by atoms with van der Waals surface area (Å²) in [5.74, 6) is 5.68. The second-order valence-corrected chi connectivity index (χ2v) is 8.36. The van der Waals surface area contributed by atoms with Crippen LogP contribution in [0.15, 0.2) is 42.5 Å². The largest absolute Gasteiger partial charge is 0.449 e. The minimum Gasteiger partial charge on any atom is -0.449 e. The number of ether oxygens (including phenoxy) is 1. The van der Waals surface area contributed by atoms with Crippen LogP contribution >= 0.6 is 7.60 Å². The first-order valence-corrected chi connectivity index (χ1v) is 11.0. The average Bonchev–Trinajstić information content (AvgIpc) is 2.64. The fourth-order valence-corrected chi connectivity index (χ4v) is 3.38. The van der Waals surface area contributed by atoms with Gasteiger partial charge in [0.25, 0.3) is 0 Å². The lowest BCUT2D eigenvalue weighted by molar-refractivity contribution is 0.0618. The van der Waals surface area contributed by atoms with Crippen molar-refractivity contribution in [1.29, 1.82) is 0 Å². The summed E-state index contributed by atoms with van der Waals surface area (Å²) in [7, 11) is -3.99. The number of benzene rings is 1. The Kier molecular flexibility index (Phi) is 8.75. The third kappa shape index (κ3) is 8.28. The Labute approximate surface area is 165 Å². The lowest BCUT2D eigenvalue weighted by Gasteiger charge is -2.31. The maximum Gasteiger partial charge on any atom is 0.411 e. The third-order valence-electron chi connectivity index (χ3n) is 4.24. The molecule has 2 unspecified atom stereocenters. The van der Waals surface area contributed by atoms with Gasteiger partial charge in [0.15, 0.2) is 0 Å². The molecule has 1 aromatic rings. The summed E-state index contributed by atoms with van der Waals surface area (Å²) in [5.41, 5.74) is 1.03. The number of carbonyl (C=O) groups is 1. The molecule has 2 atom stereocenters. The zero-order chi connectivity index (χ0) is 20.4. The van der Waals surface area contributed by atoms with E-state index in [1.54, 1.807) is 6.08 Å². The van der Waals surface area contributed by atoms with Crippen LogP contribution in [0.4, 0.5) is 4.79 Å². The topological polar surface area (TPSA) is 107 Å². The number of nitrogens with zero attached hydrogens (tertiary/aromatic N) is 1. The van der Waals surface area contributed by atoms with Crippen LogP contribution in [0, 0.1) is 11.8 Å². The predicted octanol–water partition coefficient (Wildman–Crippen LogP) is 2.32. The summed E-state index contributed by atoms with van der Waals surface area (Å²) in [6.07, 6.45) is 3.96. The molecule has 1 aromatic carbocycles. The molecule has 0 spiro atoms. The number of aliphatic hydroxyl groups excluding tert-OH is 1. The van der Waals surface area contributed by atoms with E-state index in [4.69, 9.17) is 14.5 Å². The second-order valence-electron chi connectivity index (χ2n) is 6.59. The summed E-state index contributed by atoms with van der Waals surface area (Å²) < 4.78 is 15.9. The van der Waals surface area contributed by atoms with Crippen LogP contribution in [0.2, 0.25) is 0 Å². The first-order chi connectivity index (χ1) is 13.3. The van der Waals surface area contributed by atoms with Crippen molar-refractivity contribution < 1.29 is 29.0 Å². The number of unbranched alkanes of at least 4 members (excludes halogenated alkanes) is 1. The highest BCUT2D eigenvalue weighted by Gasteiger charge is 2.27. The highest BCUT2D eigenvalue weighted by molar-refractivity contribution is 7.51. The van der Waals surface area contributed by atoms with E-state index in [0.29, 0.717) is 32.3 Å². The van der Waals surface area contributed by atoms with Crippen LogP contribution in [0.5, 0.6) is 0 Å². The van der Waals surface area contributed by atoms with E-state index in [1.807, 2.05) is 36.4 Å². The van der Waals surface area contributed by atoms with Gasteiger partial charge in [-0.1, -0.05) is 48.4 Å². The van der Waals surface area contributed by atoms with Gasteiger partial charge in [0.1, 0.15) is 0 Å². The van der Waals surface area contributed by atoms with Crippen LogP contribution in [0.3, 0.4) is 0 Å². The number of hydrogen-bond acceptors (Lipinski definition) is 4.